The number of methoxy groups -OCH3 is 3. The van der Waals surface area contributed by atoms with E-state index in [1.165, 1.54) is 11.1 Å². The number of aryl methyl sites for hydroxylation is 1. The molecule has 0 saturated heterocycles. The molecule has 33 heavy (non-hydrogen) atoms. The summed E-state index contributed by atoms with van der Waals surface area (Å²) in [4.78, 5) is 4.68. The van der Waals surface area contributed by atoms with Crippen LogP contribution in [0.3, 0.4) is 0 Å². The van der Waals surface area contributed by atoms with Crippen molar-refractivity contribution < 1.29 is 14.2 Å². The van der Waals surface area contributed by atoms with Crippen LogP contribution in [0, 0.1) is 0 Å². The first-order valence-electron chi connectivity index (χ1n) is 10.9. The quantitative estimate of drug-likeness (QED) is 0.464. The second-order valence-electron chi connectivity index (χ2n) is 8.10. The fraction of sp³-hybridized carbons (Fsp3) is 0.269. The minimum atomic E-state index is 0.312. The van der Waals surface area contributed by atoms with Gasteiger partial charge in [-0.05, 0) is 54.7 Å². The number of hydrogen-bond acceptors (Lipinski definition) is 7. The van der Waals surface area contributed by atoms with Gasteiger partial charge in [-0.3, -0.25) is 0 Å². The summed E-state index contributed by atoms with van der Waals surface area (Å²) < 4.78 is 16.4. The van der Waals surface area contributed by atoms with Gasteiger partial charge in [0.2, 0.25) is 0 Å². The SMILES string of the molecule is COc1cc2nncc(-c3ccc(NC4CCc5cccc(OC)c5C4)nc3)c2cc1OC. The minimum absolute atomic E-state index is 0.312. The normalized spacial score (nSPS) is 15.1. The number of aromatic nitrogens is 3. The van der Waals surface area contributed by atoms with Crippen LogP contribution in [0.15, 0.2) is 54.9 Å². The molecule has 0 amide bonds. The van der Waals surface area contributed by atoms with Crippen molar-refractivity contribution in [1.82, 2.24) is 15.2 Å². The molecule has 168 valence electrons. The molecule has 7 heteroatoms. The van der Waals surface area contributed by atoms with E-state index in [0.717, 1.165) is 52.9 Å². The molecule has 5 rings (SSSR count). The van der Waals surface area contributed by atoms with E-state index in [1.54, 1.807) is 27.5 Å². The second kappa shape index (κ2) is 8.94. The summed E-state index contributed by atoms with van der Waals surface area (Å²) in [5, 5.41) is 12.9. The maximum Gasteiger partial charge on any atom is 0.162 e. The Labute approximate surface area is 192 Å². The average Bonchev–Trinajstić information content (AvgIpc) is 2.87. The molecule has 1 N–H and O–H groups in total. The highest BCUT2D eigenvalue weighted by Gasteiger charge is 2.22. The predicted octanol–water partition coefficient (Wildman–Crippen LogP) is 4.69. The molecular formula is C26H26N4O3. The van der Waals surface area contributed by atoms with Gasteiger partial charge in [0.05, 0.1) is 33.0 Å². The lowest BCUT2D eigenvalue weighted by atomic mass is 9.87. The van der Waals surface area contributed by atoms with Crippen molar-refractivity contribution in [3.8, 4) is 28.4 Å². The van der Waals surface area contributed by atoms with Gasteiger partial charge in [0, 0.05) is 34.8 Å². The zero-order valence-electron chi connectivity index (χ0n) is 19.0. The van der Waals surface area contributed by atoms with E-state index in [-0.39, 0.29) is 0 Å². The number of fused-ring (bicyclic) bond motifs is 2. The molecule has 0 saturated carbocycles. The van der Waals surface area contributed by atoms with Crippen LogP contribution in [0.5, 0.6) is 17.2 Å². The van der Waals surface area contributed by atoms with Crippen molar-refractivity contribution in [3.05, 3.63) is 66.0 Å². The Bertz CT molecular complexity index is 1280. The molecule has 1 atom stereocenters. The van der Waals surface area contributed by atoms with Crippen LogP contribution >= 0.6 is 0 Å². The molecule has 7 nitrogen and oxygen atoms in total. The van der Waals surface area contributed by atoms with E-state index >= 15 is 0 Å². The molecule has 2 aromatic carbocycles. The Morgan fingerprint density at radius 3 is 2.48 bits per heavy atom. The summed E-state index contributed by atoms with van der Waals surface area (Å²) in [5.74, 6) is 3.09. The Morgan fingerprint density at radius 2 is 1.73 bits per heavy atom. The van der Waals surface area contributed by atoms with Crippen LogP contribution in [0.2, 0.25) is 0 Å². The zero-order valence-corrected chi connectivity index (χ0v) is 19.0. The highest BCUT2D eigenvalue weighted by atomic mass is 16.5. The Morgan fingerprint density at radius 1 is 0.909 bits per heavy atom. The van der Waals surface area contributed by atoms with E-state index < -0.39 is 0 Å². The first-order valence-corrected chi connectivity index (χ1v) is 10.9. The Kier molecular flexibility index (Phi) is 5.69. The Hall–Kier alpha value is -3.87. The summed E-state index contributed by atoms with van der Waals surface area (Å²) in [5.41, 5.74) is 5.31. The van der Waals surface area contributed by atoms with Crippen LogP contribution < -0.4 is 19.5 Å². The number of nitrogens with one attached hydrogen (secondary N) is 1. The Balaban J connectivity index is 1.39. The third-order valence-corrected chi connectivity index (χ3v) is 6.23. The van der Waals surface area contributed by atoms with Gasteiger partial charge in [0.1, 0.15) is 11.6 Å². The molecule has 0 radical (unpaired) electrons. The summed E-state index contributed by atoms with van der Waals surface area (Å²) >= 11 is 0. The molecule has 1 aliphatic rings. The summed E-state index contributed by atoms with van der Waals surface area (Å²) in [6, 6.07) is 14.4. The van der Waals surface area contributed by atoms with E-state index in [9.17, 15) is 0 Å². The molecule has 0 aliphatic heterocycles. The van der Waals surface area contributed by atoms with Crippen molar-refractivity contribution in [3.63, 3.8) is 0 Å². The third kappa shape index (κ3) is 4.02. The molecule has 2 aromatic heterocycles. The fourth-order valence-electron chi connectivity index (χ4n) is 4.53. The number of nitrogens with zero attached hydrogens (tertiary/aromatic N) is 3. The smallest absolute Gasteiger partial charge is 0.162 e. The predicted molar refractivity (Wildman–Crippen MR) is 128 cm³/mol. The van der Waals surface area contributed by atoms with E-state index in [1.807, 2.05) is 30.5 Å². The standard InChI is InChI=1S/C26H26N4O3/c1-31-23-6-4-5-16-7-9-18(11-19(16)23)29-26-10-8-17(14-27-26)21-15-28-30-22-13-25(33-3)24(32-2)12-20(21)22/h4-6,8,10,12-15,18H,7,9,11H2,1-3H3,(H,27,29). The van der Waals surface area contributed by atoms with Gasteiger partial charge in [0.15, 0.2) is 11.5 Å². The van der Waals surface area contributed by atoms with Gasteiger partial charge >= 0.3 is 0 Å². The number of ether oxygens (including phenoxy) is 3. The molecule has 1 unspecified atom stereocenters. The van der Waals surface area contributed by atoms with Gasteiger partial charge in [0.25, 0.3) is 0 Å². The van der Waals surface area contributed by atoms with Crippen LogP contribution in [-0.4, -0.2) is 42.6 Å². The molecular weight excluding hydrogens is 416 g/mol. The number of hydrogen-bond donors (Lipinski definition) is 1. The summed E-state index contributed by atoms with van der Waals surface area (Å²) in [6.45, 7) is 0. The van der Waals surface area contributed by atoms with Crippen molar-refractivity contribution >= 4 is 16.7 Å². The molecule has 4 aromatic rings. The van der Waals surface area contributed by atoms with Crippen LogP contribution in [0.4, 0.5) is 5.82 Å². The summed E-state index contributed by atoms with van der Waals surface area (Å²) in [6.07, 6.45) is 6.63. The van der Waals surface area contributed by atoms with Crippen molar-refractivity contribution in [2.45, 2.75) is 25.3 Å². The topological polar surface area (TPSA) is 78.4 Å². The summed E-state index contributed by atoms with van der Waals surface area (Å²) in [7, 11) is 4.97. The maximum absolute atomic E-state index is 5.57. The average molecular weight is 443 g/mol. The van der Waals surface area contributed by atoms with Crippen LogP contribution in [-0.2, 0) is 12.8 Å². The number of benzene rings is 2. The highest BCUT2D eigenvalue weighted by molar-refractivity contribution is 5.95. The molecule has 2 heterocycles. The van der Waals surface area contributed by atoms with Gasteiger partial charge in [-0.1, -0.05) is 12.1 Å². The van der Waals surface area contributed by atoms with E-state index in [2.05, 4.69) is 38.7 Å². The lowest BCUT2D eigenvalue weighted by Gasteiger charge is -2.27. The van der Waals surface area contributed by atoms with Crippen LogP contribution in [0.1, 0.15) is 17.5 Å². The number of anilines is 1. The van der Waals surface area contributed by atoms with Gasteiger partial charge in [-0.2, -0.15) is 10.2 Å². The highest BCUT2D eigenvalue weighted by Crippen LogP contribution is 2.36. The molecule has 0 fully saturated rings. The van der Waals surface area contributed by atoms with Gasteiger partial charge in [-0.25, -0.2) is 4.98 Å². The lowest BCUT2D eigenvalue weighted by Crippen LogP contribution is -2.28. The van der Waals surface area contributed by atoms with E-state index in [4.69, 9.17) is 14.2 Å². The largest absolute Gasteiger partial charge is 0.496 e. The zero-order chi connectivity index (χ0) is 22.8. The molecule has 1 aliphatic carbocycles. The lowest BCUT2D eigenvalue weighted by molar-refractivity contribution is 0.356. The second-order valence-corrected chi connectivity index (χ2v) is 8.10. The first kappa shape index (κ1) is 21.0. The van der Waals surface area contributed by atoms with Gasteiger partial charge < -0.3 is 19.5 Å². The first-order chi connectivity index (χ1) is 16.2. The van der Waals surface area contributed by atoms with Crippen molar-refractivity contribution in [2.24, 2.45) is 0 Å². The fourth-order valence-corrected chi connectivity index (χ4v) is 4.53. The minimum Gasteiger partial charge on any atom is -0.496 e. The third-order valence-electron chi connectivity index (χ3n) is 6.23. The van der Waals surface area contributed by atoms with Crippen molar-refractivity contribution in [1.29, 1.82) is 0 Å². The number of rotatable bonds is 6. The maximum atomic E-state index is 5.57. The molecule has 0 bridgehead atoms. The van der Waals surface area contributed by atoms with Crippen LogP contribution in [0.25, 0.3) is 22.0 Å². The molecule has 0 spiro atoms. The number of pyridine rings is 1. The monoisotopic (exact) mass is 442 g/mol. The van der Waals surface area contributed by atoms with E-state index in [0.29, 0.717) is 17.5 Å². The van der Waals surface area contributed by atoms with Gasteiger partial charge in [-0.15, -0.1) is 0 Å². The van der Waals surface area contributed by atoms with Crippen molar-refractivity contribution in [2.75, 3.05) is 26.6 Å².